The van der Waals surface area contributed by atoms with Gasteiger partial charge >= 0.3 is 6.18 Å². The van der Waals surface area contributed by atoms with Crippen molar-refractivity contribution in [3.63, 3.8) is 0 Å². The molecule has 0 N–H and O–H groups in total. The molecular formula is C8H13F3S2. The molecule has 78 valence electrons. The molecule has 0 saturated carbocycles. The Hall–Kier alpha value is 0.490. The zero-order valence-electron chi connectivity index (χ0n) is 7.27. The first-order chi connectivity index (χ1) is 6.08. The van der Waals surface area contributed by atoms with Gasteiger partial charge in [-0.15, -0.1) is 0 Å². The summed E-state index contributed by atoms with van der Waals surface area (Å²) in [5.74, 6) is 4.11. The van der Waals surface area contributed by atoms with Crippen LogP contribution in [0.4, 0.5) is 13.2 Å². The molecule has 0 nitrogen and oxygen atoms in total. The minimum Gasteiger partial charge on any atom is -0.171 e. The van der Waals surface area contributed by atoms with Crippen LogP contribution >= 0.6 is 23.5 Å². The summed E-state index contributed by atoms with van der Waals surface area (Å²) in [7, 11) is 0. The van der Waals surface area contributed by atoms with Gasteiger partial charge in [0.1, 0.15) is 0 Å². The van der Waals surface area contributed by atoms with Crippen molar-refractivity contribution in [3.05, 3.63) is 0 Å². The molecule has 1 saturated heterocycles. The second kappa shape index (κ2) is 5.39. The monoisotopic (exact) mass is 230 g/mol. The molecule has 5 heteroatoms. The van der Waals surface area contributed by atoms with Crippen LogP contribution in [0.15, 0.2) is 0 Å². The molecule has 13 heavy (non-hydrogen) atoms. The zero-order valence-corrected chi connectivity index (χ0v) is 8.90. The third-order valence-corrected chi connectivity index (χ3v) is 4.34. The molecular weight excluding hydrogens is 217 g/mol. The van der Waals surface area contributed by atoms with Crippen molar-refractivity contribution in [2.24, 2.45) is 5.92 Å². The summed E-state index contributed by atoms with van der Waals surface area (Å²) in [6, 6.07) is 0. The van der Waals surface area contributed by atoms with Gasteiger partial charge in [-0.3, -0.25) is 0 Å². The van der Waals surface area contributed by atoms with Crippen LogP contribution < -0.4 is 0 Å². The predicted molar refractivity (Wildman–Crippen MR) is 53.4 cm³/mol. The van der Waals surface area contributed by atoms with Crippen LogP contribution in [0.5, 0.6) is 0 Å². The van der Waals surface area contributed by atoms with E-state index in [9.17, 15) is 13.2 Å². The lowest BCUT2D eigenvalue weighted by Gasteiger charge is -2.08. The molecule has 1 fully saturated rings. The van der Waals surface area contributed by atoms with Crippen molar-refractivity contribution in [1.29, 1.82) is 0 Å². The van der Waals surface area contributed by atoms with Gasteiger partial charge in [0.25, 0.3) is 0 Å². The second-order valence-corrected chi connectivity index (χ2v) is 5.47. The van der Waals surface area contributed by atoms with Gasteiger partial charge in [-0.2, -0.15) is 36.7 Å². The van der Waals surface area contributed by atoms with Crippen molar-refractivity contribution in [2.75, 3.05) is 23.0 Å². The summed E-state index contributed by atoms with van der Waals surface area (Å²) >= 11 is 3.35. The number of alkyl halides is 3. The first kappa shape index (κ1) is 11.6. The highest BCUT2D eigenvalue weighted by molar-refractivity contribution is 8.00. The van der Waals surface area contributed by atoms with Gasteiger partial charge in [0.05, 0.1) is 6.42 Å². The van der Waals surface area contributed by atoms with Crippen molar-refractivity contribution in [2.45, 2.75) is 19.0 Å². The van der Waals surface area contributed by atoms with Crippen LogP contribution in [-0.2, 0) is 0 Å². The Morgan fingerprint density at radius 2 is 2.15 bits per heavy atom. The van der Waals surface area contributed by atoms with E-state index in [1.807, 2.05) is 11.8 Å². The Morgan fingerprint density at radius 3 is 2.69 bits per heavy atom. The highest BCUT2D eigenvalue weighted by atomic mass is 32.2. The molecule has 0 aromatic carbocycles. The molecule has 0 bridgehead atoms. The maximum absolute atomic E-state index is 11.7. The predicted octanol–water partition coefficient (Wildman–Crippen LogP) is 3.43. The maximum atomic E-state index is 11.7. The summed E-state index contributed by atoms with van der Waals surface area (Å²) in [6.07, 6.45) is -3.43. The third kappa shape index (κ3) is 5.73. The third-order valence-electron chi connectivity index (χ3n) is 1.91. The van der Waals surface area contributed by atoms with Crippen LogP contribution in [0.2, 0.25) is 0 Å². The van der Waals surface area contributed by atoms with Gasteiger partial charge in [-0.1, -0.05) is 0 Å². The number of hydrogen-bond acceptors (Lipinski definition) is 2. The molecule has 0 amide bonds. The first-order valence-electron chi connectivity index (χ1n) is 4.30. The Bertz CT molecular complexity index is 141. The molecule has 1 atom stereocenters. The standard InChI is InChI=1S/C8H13F3S2/c9-8(10,11)2-4-13-6-7-1-3-12-5-7/h7H,1-6H2. The van der Waals surface area contributed by atoms with E-state index in [1.54, 1.807) is 0 Å². The van der Waals surface area contributed by atoms with Gasteiger partial charge in [0.15, 0.2) is 0 Å². The minimum atomic E-state index is -3.97. The Labute approximate surface area is 85.0 Å². The van der Waals surface area contributed by atoms with Crippen LogP contribution in [-0.4, -0.2) is 29.2 Å². The van der Waals surface area contributed by atoms with Crippen molar-refractivity contribution in [1.82, 2.24) is 0 Å². The Kier molecular flexibility index (Phi) is 4.80. The Morgan fingerprint density at radius 1 is 1.38 bits per heavy atom. The average molecular weight is 230 g/mol. The van der Waals surface area contributed by atoms with Crippen LogP contribution in [0, 0.1) is 5.92 Å². The smallest absolute Gasteiger partial charge is 0.171 e. The molecule has 1 unspecified atom stereocenters. The first-order valence-corrected chi connectivity index (χ1v) is 6.61. The summed E-state index contributed by atoms with van der Waals surface area (Å²) < 4.78 is 35.2. The fourth-order valence-electron chi connectivity index (χ4n) is 1.15. The topological polar surface area (TPSA) is 0 Å². The zero-order chi connectivity index (χ0) is 9.73. The summed E-state index contributed by atoms with van der Waals surface area (Å²) in [5, 5.41) is 0. The number of hydrogen-bond donors (Lipinski definition) is 0. The van der Waals surface area contributed by atoms with E-state index in [2.05, 4.69) is 0 Å². The van der Waals surface area contributed by atoms with E-state index in [-0.39, 0.29) is 5.75 Å². The molecule has 1 aliphatic heterocycles. The lowest BCUT2D eigenvalue weighted by molar-refractivity contribution is -0.129. The number of rotatable bonds is 4. The fraction of sp³-hybridized carbons (Fsp3) is 1.00. The second-order valence-electron chi connectivity index (χ2n) is 3.17. The van der Waals surface area contributed by atoms with E-state index < -0.39 is 12.6 Å². The van der Waals surface area contributed by atoms with Gasteiger partial charge < -0.3 is 0 Å². The van der Waals surface area contributed by atoms with Gasteiger partial charge in [0.2, 0.25) is 0 Å². The molecule has 0 radical (unpaired) electrons. The molecule has 1 heterocycles. The summed E-state index contributed by atoms with van der Waals surface area (Å²) in [4.78, 5) is 0. The van der Waals surface area contributed by atoms with Crippen molar-refractivity contribution < 1.29 is 13.2 Å². The van der Waals surface area contributed by atoms with E-state index in [4.69, 9.17) is 0 Å². The van der Waals surface area contributed by atoms with Gasteiger partial charge in [-0.25, -0.2) is 0 Å². The van der Waals surface area contributed by atoms with Crippen LogP contribution in [0.1, 0.15) is 12.8 Å². The number of halogens is 3. The number of thioether (sulfide) groups is 2. The van der Waals surface area contributed by atoms with Gasteiger partial charge in [-0.05, 0) is 29.6 Å². The quantitative estimate of drug-likeness (QED) is 0.679. The van der Waals surface area contributed by atoms with E-state index in [1.165, 1.54) is 23.9 Å². The average Bonchev–Trinajstić information content (AvgIpc) is 2.48. The highest BCUT2D eigenvalue weighted by Crippen LogP contribution is 2.28. The summed E-state index contributed by atoms with van der Waals surface area (Å²) in [6.45, 7) is 0. The SMILES string of the molecule is FC(F)(F)CCSCC1CCSC1. The highest BCUT2D eigenvalue weighted by Gasteiger charge is 2.26. The molecule has 1 aliphatic rings. The lowest BCUT2D eigenvalue weighted by Crippen LogP contribution is -2.09. The van der Waals surface area contributed by atoms with Crippen molar-refractivity contribution >= 4 is 23.5 Å². The Balaban J connectivity index is 1.94. The molecule has 0 aliphatic carbocycles. The van der Waals surface area contributed by atoms with Crippen molar-refractivity contribution in [3.8, 4) is 0 Å². The molecule has 0 aromatic rings. The fourth-order valence-corrected chi connectivity index (χ4v) is 3.75. The largest absolute Gasteiger partial charge is 0.389 e. The van der Waals surface area contributed by atoms with E-state index in [0.717, 1.165) is 11.5 Å². The van der Waals surface area contributed by atoms with E-state index in [0.29, 0.717) is 5.92 Å². The molecule has 1 rings (SSSR count). The normalized spacial score (nSPS) is 23.8. The lowest BCUT2D eigenvalue weighted by atomic mass is 10.2. The van der Waals surface area contributed by atoms with Crippen LogP contribution in [0.3, 0.4) is 0 Å². The molecule has 0 spiro atoms. The maximum Gasteiger partial charge on any atom is 0.389 e. The van der Waals surface area contributed by atoms with Crippen LogP contribution in [0.25, 0.3) is 0 Å². The molecule has 0 aromatic heterocycles. The summed E-state index contributed by atoms with van der Waals surface area (Å²) in [5.41, 5.74) is 0. The van der Waals surface area contributed by atoms with E-state index >= 15 is 0 Å². The van der Waals surface area contributed by atoms with Gasteiger partial charge in [0, 0.05) is 5.75 Å². The minimum absolute atomic E-state index is 0.227.